The van der Waals surface area contributed by atoms with Crippen LogP contribution in [0.2, 0.25) is 0 Å². The molecule has 4 heterocycles. The Hall–Kier alpha value is -2.35. The molecular weight excluding hydrogens is 426 g/mol. The summed E-state index contributed by atoms with van der Waals surface area (Å²) in [4.78, 5) is 28.1. The number of hydrogen-bond acceptors (Lipinski definition) is 10. The zero-order valence-electron chi connectivity index (χ0n) is 18.0. The van der Waals surface area contributed by atoms with E-state index in [2.05, 4.69) is 5.32 Å². The van der Waals surface area contributed by atoms with Gasteiger partial charge in [0.05, 0.1) is 11.5 Å². The van der Waals surface area contributed by atoms with Gasteiger partial charge in [-0.3, -0.25) is 15.4 Å². The molecule has 4 aliphatic rings. The number of fused-ring (bicyclic) bond motifs is 1. The largest absolute Gasteiger partial charge is 0.428 e. The Morgan fingerprint density at radius 1 is 1.03 bits per heavy atom. The van der Waals surface area contributed by atoms with Crippen molar-refractivity contribution in [3.05, 3.63) is 39.9 Å². The van der Waals surface area contributed by atoms with Gasteiger partial charge in [0.25, 0.3) is 5.69 Å². The molecule has 5 rings (SSSR count). The number of carbonyl (C=O) groups is 1. The molecule has 4 fully saturated rings. The van der Waals surface area contributed by atoms with E-state index in [1.807, 2.05) is 13.8 Å². The number of nitro benzene ring substituents is 1. The van der Waals surface area contributed by atoms with Gasteiger partial charge in [-0.2, -0.15) is 0 Å². The second-order valence-corrected chi connectivity index (χ2v) is 9.06. The lowest BCUT2D eigenvalue weighted by molar-refractivity contribution is -0.384. The predicted octanol–water partition coefficient (Wildman–Crippen LogP) is 1.95. The second-order valence-electron chi connectivity index (χ2n) is 9.06. The molecule has 6 atom stereocenters. The molecule has 0 bridgehead atoms. The van der Waals surface area contributed by atoms with Crippen molar-refractivity contribution in [2.45, 2.75) is 76.1 Å². The Morgan fingerprint density at radius 3 is 2.34 bits per heavy atom. The van der Waals surface area contributed by atoms with Gasteiger partial charge in [-0.25, -0.2) is 4.79 Å². The lowest BCUT2D eigenvalue weighted by atomic mass is 10.1. The number of benzene rings is 1. The molecule has 174 valence electrons. The molecule has 0 aliphatic carbocycles. The van der Waals surface area contributed by atoms with E-state index in [4.69, 9.17) is 28.5 Å². The topological polar surface area (TPSA) is 131 Å². The number of rotatable bonds is 4. The summed E-state index contributed by atoms with van der Waals surface area (Å²) in [5, 5.41) is 15.1. The quantitative estimate of drug-likeness (QED) is 0.535. The van der Waals surface area contributed by atoms with Crippen LogP contribution >= 0.6 is 0 Å². The van der Waals surface area contributed by atoms with Crippen LogP contribution in [0.3, 0.4) is 0 Å². The van der Waals surface area contributed by atoms with Gasteiger partial charge in [0.2, 0.25) is 0 Å². The molecule has 0 spiro atoms. The van der Waals surface area contributed by atoms with Crippen molar-refractivity contribution >= 4 is 11.8 Å². The molecular formula is C20H25N3O9. The van der Waals surface area contributed by atoms with Crippen LogP contribution in [-0.4, -0.2) is 64.9 Å². The fourth-order valence-corrected chi connectivity index (χ4v) is 4.55. The van der Waals surface area contributed by atoms with E-state index < -0.39 is 59.4 Å². The molecule has 1 aromatic rings. The number of nitrogens with zero attached hydrogens (tertiary/aromatic N) is 2. The number of nitro groups is 1. The molecule has 4 aliphatic heterocycles. The number of amides is 1. The fraction of sp³-hybridized carbons (Fsp3) is 0.650. The first kappa shape index (κ1) is 21.5. The molecule has 1 amide bonds. The maximum absolute atomic E-state index is 12.2. The van der Waals surface area contributed by atoms with E-state index in [9.17, 15) is 14.9 Å². The smallest absolute Gasteiger partial charge is 0.348 e. The van der Waals surface area contributed by atoms with Crippen LogP contribution in [0.1, 0.15) is 39.4 Å². The van der Waals surface area contributed by atoms with Crippen molar-refractivity contribution < 1.29 is 38.2 Å². The summed E-state index contributed by atoms with van der Waals surface area (Å²) >= 11 is 0. The highest BCUT2D eigenvalue weighted by molar-refractivity contribution is 5.69. The summed E-state index contributed by atoms with van der Waals surface area (Å²) in [6, 6.07) is 5.84. The maximum atomic E-state index is 12.2. The zero-order valence-corrected chi connectivity index (χ0v) is 18.0. The first-order valence-electron chi connectivity index (χ1n) is 10.4. The van der Waals surface area contributed by atoms with Crippen molar-refractivity contribution in [2.24, 2.45) is 0 Å². The summed E-state index contributed by atoms with van der Waals surface area (Å²) in [7, 11) is 0. The molecule has 0 unspecified atom stereocenters. The molecule has 0 radical (unpaired) electrons. The van der Waals surface area contributed by atoms with E-state index in [1.54, 1.807) is 26.0 Å². The number of hydrogen-bond donors (Lipinski definition) is 1. The SMILES string of the molecule is CC1(C)O[C@H]2[C@@H]([C@H]3COC(C)(C)O3)O[C@H](N3OC(=O)N[C@H]3c3ccc([N+](=O)[O-])cc3)[C@H]2O1. The van der Waals surface area contributed by atoms with Crippen molar-refractivity contribution in [2.75, 3.05) is 6.61 Å². The lowest BCUT2D eigenvalue weighted by Crippen LogP contribution is -2.44. The molecule has 32 heavy (non-hydrogen) atoms. The van der Waals surface area contributed by atoms with Crippen molar-refractivity contribution in [3.8, 4) is 0 Å². The Labute approximate surface area is 183 Å². The first-order chi connectivity index (χ1) is 15.0. The summed E-state index contributed by atoms with van der Waals surface area (Å²) in [6.45, 7) is 7.57. The number of nitrogens with one attached hydrogen (secondary N) is 1. The number of hydroxylamine groups is 2. The van der Waals surface area contributed by atoms with Gasteiger partial charge in [-0.15, -0.1) is 0 Å². The van der Waals surface area contributed by atoms with E-state index in [0.29, 0.717) is 12.2 Å². The van der Waals surface area contributed by atoms with Gasteiger partial charge >= 0.3 is 6.09 Å². The third kappa shape index (κ3) is 3.72. The molecule has 1 aromatic carbocycles. The Kier molecular flexibility index (Phi) is 4.93. The third-order valence-corrected chi connectivity index (χ3v) is 5.83. The molecule has 0 saturated carbocycles. The molecule has 12 nitrogen and oxygen atoms in total. The number of non-ortho nitro benzene ring substituents is 1. The highest BCUT2D eigenvalue weighted by atomic mass is 16.8. The van der Waals surface area contributed by atoms with Crippen LogP contribution in [0, 0.1) is 10.1 Å². The van der Waals surface area contributed by atoms with E-state index >= 15 is 0 Å². The minimum atomic E-state index is -0.870. The van der Waals surface area contributed by atoms with Crippen LogP contribution in [0.15, 0.2) is 24.3 Å². The van der Waals surface area contributed by atoms with Gasteiger partial charge in [0.1, 0.15) is 30.6 Å². The van der Waals surface area contributed by atoms with Crippen LogP contribution in [0.25, 0.3) is 0 Å². The molecule has 4 saturated heterocycles. The number of carbonyl (C=O) groups excluding carboxylic acids is 1. The average Bonchev–Trinajstić information content (AvgIpc) is 3.43. The fourth-order valence-electron chi connectivity index (χ4n) is 4.55. The Balaban J connectivity index is 1.42. The highest BCUT2D eigenvalue weighted by Gasteiger charge is 2.62. The van der Waals surface area contributed by atoms with E-state index in [1.165, 1.54) is 17.2 Å². The van der Waals surface area contributed by atoms with E-state index in [-0.39, 0.29) is 5.69 Å². The minimum absolute atomic E-state index is 0.0574. The van der Waals surface area contributed by atoms with Crippen LogP contribution in [0.5, 0.6) is 0 Å². The van der Waals surface area contributed by atoms with Gasteiger partial charge in [0, 0.05) is 12.1 Å². The molecule has 12 heteroatoms. The molecule has 0 aromatic heterocycles. The summed E-state index contributed by atoms with van der Waals surface area (Å²) in [6.07, 6.45) is -4.19. The van der Waals surface area contributed by atoms with Gasteiger partial charge in [0.15, 0.2) is 17.8 Å². The van der Waals surface area contributed by atoms with Crippen molar-refractivity contribution in [1.82, 2.24) is 10.4 Å². The second kappa shape index (κ2) is 7.33. The molecule has 1 N–H and O–H groups in total. The summed E-state index contributed by atoms with van der Waals surface area (Å²) in [5.41, 5.74) is 0.530. The van der Waals surface area contributed by atoms with Crippen molar-refractivity contribution in [3.63, 3.8) is 0 Å². The summed E-state index contributed by atoms with van der Waals surface area (Å²) < 4.78 is 30.2. The normalized spacial score (nSPS) is 37.8. The van der Waals surface area contributed by atoms with Crippen molar-refractivity contribution in [1.29, 1.82) is 0 Å². The lowest BCUT2D eigenvalue weighted by Gasteiger charge is -2.31. The first-order valence-corrected chi connectivity index (χ1v) is 10.4. The van der Waals surface area contributed by atoms with Gasteiger partial charge < -0.3 is 28.5 Å². The minimum Gasteiger partial charge on any atom is -0.348 e. The summed E-state index contributed by atoms with van der Waals surface area (Å²) in [5.74, 6) is -1.62. The standard InChI is InChI=1S/C20H25N3O9/c1-19(2)27-9-12(29-19)13-14-15(31-20(3,4)30-14)17(28-13)22-16(21-18(24)32-22)10-5-7-11(8-6-10)23(25)26/h5-8,12-17H,9H2,1-4H3,(H,21,24)/t12-,13-,14+,15+,16-,17+/m1/s1. The van der Waals surface area contributed by atoms with Gasteiger partial charge in [-0.05, 0) is 45.4 Å². The third-order valence-electron chi connectivity index (χ3n) is 5.83. The monoisotopic (exact) mass is 451 g/mol. The Bertz CT molecular complexity index is 921. The van der Waals surface area contributed by atoms with E-state index in [0.717, 1.165) is 0 Å². The highest BCUT2D eigenvalue weighted by Crippen LogP contribution is 2.45. The van der Waals surface area contributed by atoms with Crippen LogP contribution in [-0.2, 0) is 28.5 Å². The Morgan fingerprint density at radius 2 is 1.72 bits per heavy atom. The number of ether oxygens (including phenoxy) is 5. The predicted molar refractivity (Wildman–Crippen MR) is 105 cm³/mol. The van der Waals surface area contributed by atoms with Crippen LogP contribution < -0.4 is 5.32 Å². The van der Waals surface area contributed by atoms with Crippen LogP contribution in [0.4, 0.5) is 10.5 Å². The zero-order chi connectivity index (χ0) is 22.8. The average molecular weight is 451 g/mol. The maximum Gasteiger partial charge on any atom is 0.428 e. The van der Waals surface area contributed by atoms with Gasteiger partial charge in [-0.1, -0.05) is 5.06 Å².